The molecule has 0 amide bonds. The van der Waals surface area contributed by atoms with Crippen LogP contribution in [-0.2, 0) is 25.5 Å². The first-order chi connectivity index (χ1) is 13.9. The van der Waals surface area contributed by atoms with Crippen molar-refractivity contribution in [3.63, 3.8) is 0 Å². The first kappa shape index (κ1) is 22.8. The zero-order valence-corrected chi connectivity index (χ0v) is 16.8. The number of aryl methyl sites for hydroxylation is 1. The van der Waals surface area contributed by atoms with Gasteiger partial charge in [0.2, 0.25) is 0 Å². The highest BCUT2D eigenvalue weighted by molar-refractivity contribution is 5.82. The van der Waals surface area contributed by atoms with Crippen LogP contribution in [0.25, 0.3) is 0 Å². The molecule has 1 aliphatic rings. The maximum absolute atomic E-state index is 11.4. The highest BCUT2D eigenvalue weighted by Gasteiger charge is 2.20. The van der Waals surface area contributed by atoms with Crippen molar-refractivity contribution < 1.29 is 29.3 Å². The number of aliphatic hydroxyl groups is 2. The minimum atomic E-state index is -0.783. The zero-order chi connectivity index (χ0) is 21.1. The molecule has 0 aromatic heterocycles. The van der Waals surface area contributed by atoms with Crippen molar-refractivity contribution in [1.29, 1.82) is 0 Å². The summed E-state index contributed by atoms with van der Waals surface area (Å²) in [5, 5.41) is 20.5. The van der Waals surface area contributed by atoms with E-state index in [-0.39, 0.29) is 24.9 Å². The predicted octanol–water partition coefficient (Wildman–Crippen LogP) is 2.87. The lowest BCUT2D eigenvalue weighted by atomic mass is 9.99. The van der Waals surface area contributed by atoms with Crippen LogP contribution in [0.15, 0.2) is 54.6 Å². The molecule has 1 aromatic rings. The molecule has 158 valence electrons. The number of esters is 2. The van der Waals surface area contributed by atoms with Crippen LogP contribution >= 0.6 is 0 Å². The van der Waals surface area contributed by atoms with Crippen LogP contribution in [0.5, 0.6) is 0 Å². The van der Waals surface area contributed by atoms with E-state index in [1.54, 1.807) is 18.2 Å². The smallest absolute Gasteiger partial charge is 0.331 e. The maximum atomic E-state index is 11.4. The van der Waals surface area contributed by atoms with Crippen molar-refractivity contribution in [2.24, 2.45) is 0 Å². The lowest BCUT2D eigenvalue weighted by Gasteiger charge is -2.21. The molecule has 0 saturated heterocycles. The van der Waals surface area contributed by atoms with E-state index in [9.17, 15) is 19.8 Å². The topological polar surface area (TPSA) is 93.1 Å². The van der Waals surface area contributed by atoms with E-state index >= 15 is 0 Å². The number of benzene rings is 1. The van der Waals surface area contributed by atoms with Crippen molar-refractivity contribution >= 4 is 11.9 Å². The van der Waals surface area contributed by atoms with Crippen LogP contribution in [0.2, 0.25) is 0 Å². The second kappa shape index (κ2) is 12.2. The third-order valence-corrected chi connectivity index (χ3v) is 4.66. The fraction of sp³-hybridized carbons (Fsp3) is 0.478. The van der Waals surface area contributed by atoms with Crippen LogP contribution < -0.4 is 0 Å². The molecule has 1 aromatic carbocycles. The largest absolute Gasteiger partial charge is 0.462 e. The van der Waals surface area contributed by atoms with Gasteiger partial charge in [-0.3, -0.25) is 4.79 Å². The lowest BCUT2D eigenvalue weighted by molar-refractivity contribution is -0.147. The molecule has 29 heavy (non-hydrogen) atoms. The molecule has 0 radical (unpaired) electrons. The van der Waals surface area contributed by atoms with E-state index in [1.165, 1.54) is 13.0 Å². The van der Waals surface area contributed by atoms with Crippen molar-refractivity contribution in [3.05, 3.63) is 60.2 Å². The SMILES string of the molecule is CC(=O)OC(C/C=C/C1CC=CC(=O)O1)CC(O)CC(O)CCc1ccccc1. The molecule has 4 unspecified atom stereocenters. The van der Waals surface area contributed by atoms with Gasteiger partial charge in [-0.05, 0) is 30.9 Å². The Balaban J connectivity index is 1.77. The van der Waals surface area contributed by atoms with Crippen LogP contribution in [-0.4, -0.2) is 46.6 Å². The van der Waals surface area contributed by atoms with Gasteiger partial charge in [0.15, 0.2) is 0 Å². The van der Waals surface area contributed by atoms with Gasteiger partial charge >= 0.3 is 11.9 Å². The van der Waals surface area contributed by atoms with Gasteiger partial charge in [0, 0.05) is 32.3 Å². The Kier molecular flexibility index (Phi) is 9.60. The number of ether oxygens (including phenoxy) is 2. The first-order valence-corrected chi connectivity index (χ1v) is 10.0. The molecule has 4 atom stereocenters. The van der Waals surface area contributed by atoms with E-state index in [0.717, 1.165) is 12.0 Å². The Morgan fingerprint density at radius 3 is 2.69 bits per heavy atom. The third kappa shape index (κ3) is 9.54. The number of carbonyl (C=O) groups excluding carboxylic acids is 2. The summed E-state index contributed by atoms with van der Waals surface area (Å²) in [6, 6.07) is 9.87. The number of aliphatic hydroxyl groups excluding tert-OH is 2. The standard InChI is InChI=1S/C23H30O6/c1-17(24)28-22(11-5-9-21-10-6-12-23(27)29-21)16-20(26)15-19(25)14-13-18-7-3-2-4-8-18/h2-9,12,19-22,25-26H,10-11,13-16H2,1H3/b9-5+. The fourth-order valence-corrected chi connectivity index (χ4v) is 3.27. The van der Waals surface area contributed by atoms with Crippen LogP contribution in [0.3, 0.4) is 0 Å². The summed E-state index contributed by atoms with van der Waals surface area (Å²) >= 11 is 0. The normalized spacial score (nSPS) is 19.6. The molecule has 6 heteroatoms. The Hall–Kier alpha value is -2.44. The number of cyclic esters (lactones) is 1. The van der Waals surface area contributed by atoms with Crippen LogP contribution in [0, 0.1) is 0 Å². The third-order valence-electron chi connectivity index (χ3n) is 4.66. The monoisotopic (exact) mass is 402 g/mol. The minimum absolute atomic E-state index is 0.222. The molecule has 2 N–H and O–H groups in total. The number of hydrogen-bond acceptors (Lipinski definition) is 6. The molecule has 6 nitrogen and oxygen atoms in total. The van der Waals surface area contributed by atoms with Gasteiger partial charge in [0.05, 0.1) is 12.2 Å². The molecule has 2 rings (SSSR count). The summed E-state index contributed by atoms with van der Waals surface area (Å²) in [6.45, 7) is 1.32. The second-order valence-corrected chi connectivity index (χ2v) is 7.31. The zero-order valence-electron chi connectivity index (χ0n) is 16.8. The molecule has 0 fully saturated rings. The maximum Gasteiger partial charge on any atom is 0.331 e. The summed E-state index contributed by atoms with van der Waals surface area (Å²) in [4.78, 5) is 22.6. The van der Waals surface area contributed by atoms with E-state index in [4.69, 9.17) is 9.47 Å². The summed E-state index contributed by atoms with van der Waals surface area (Å²) in [6.07, 6.45) is 7.21. The van der Waals surface area contributed by atoms with Gasteiger partial charge in [0.25, 0.3) is 0 Å². The minimum Gasteiger partial charge on any atom is -0.462 e. The van der Waals surface area contributed by atoms with Gasteiger partial charge in [-0.25, -0.2) is 4.79 Å². The number of hydrogen-bond donors (Lipinski definition) is 2. The average Bonchev–Trinajstić information content (AvgIpc) is 2.66. The highest BCUT2D eigenvalue weighted by atomic mass is 16.5. The molecule has 0 bridgehead atoms. The van der Waals surface area contributed by atoms with E-state index in [1.807, 2.05) is 30.3 Å². The van der Waals surface area contributed by atoms with Gasteiger partial charge < -0.3 is 19.7 Å². The van der Waals surface area contributed by atoms with Gasteiger partial charge in [0.1, 0.15) is 12.2 Å². The number of carbonyl (C=O) groups is 2. The molecule has 0 saturated carbocycles. The molecule has 0 aliphatic carbocycles. The predicted molar refractivity (Wildman–Crippen MR) is 109 cm³/mol. The Morgan fingerprint density at radius 1 is 1.24 bits per heavy atom. The Morgan fingerprint density at radius 2 is 2.00 bits per heavy atom. The van der Waals surface area contributed by atoms with Crippen LogP contribution in [0.4, 0.5) is 0 Å². The van der Waals surface area contributed by atoms with Crippen LogP contribution in [0.1, 0.15) is 44.6 Å². The summed E-state index contributed by atoms with van der Waals surface area (Å²) in [7, 11) is 0. The first-order valence-electron chi connectivity index (χ1n) is 10.0. The van der Waals surface area contributed by atoms with E-state index < -0.39 is 24.3 Å². The van der Waals surface area contributed by atoms with Crippen molar-refractivity contribution in [2.45, 2.75) is 69.9 Å². The van der Waals surface area contributed by atoms with Gasteiger partial charge in [-0.1, -0.05) is 42.5 Å². The molecule has 1 heterocycles. The Bertz CT molecular complexity index is 697. The van der Waals surface area contributed by atoms with Crippen molar-refractivity contribution in [2.75, 3.05) is 0 Å². The second-order valence-electron chi connectivity index (χ2n) is 7.31. The van der Waals surface area contributed by atoms with Gasteiger partial charge in [-0.2, -0.15) is 0 Å². The molecular formula is C23H30O6. The quantitative estimate of drug-likeness (QED) is 0.437. The summed E-state index contributed by atoms with van der Waals surface area (Å²) in [5.41, 5.74) is 1.14. The van der Waals surface area contributed by atoms with Crippen molar-refractivity contribution in [1.82, 2.24) is 0 Å². The molecule has 0 spiro atoms. The lowest BCUT2D eigenvalue weighted by Crippen LogP contribution is -2.26. The average molecular weight is 402 g/mol. The fourth-order valence-electron chi connectivity index (χ4n) is 3.27. The molecular weight excluding hydrogens is 372 g/mol. The van der Waals surface area contributed by atoms with Gasteiger partial charge in [-0.15, -0.1) is 0 Å². The molecule has 1 aliphatic heterocycles. The Labute approximate surface area is 171 Å². The number of rotatable bonds is 11. The van der Waals surface area contributed by atoms with Crippen molar-refractivity contribution in [3.8, 4) is 0 Å². The van der Waals surface area contributed by atoms with E-state index in [2.05, 4.69) is 0 Å². The van der Waals surface area contributed by atoms with E-state index in [0.29, 0.717) is 19.3 Å². The highest BCUT2D eigenvalue weighted by Crippen LogP contribution is 2.16. The summed E-state index contributed by atoms with van der Waals surface area (Å²) in [5.74, 6) is -0.797. The summed E-state index contributed by atoms with van der Waals surface area (Å²) < 4.78 is 10.4.